The number of rotatable bonds is 5. The van der Waals surface area contributed by atoms with Gasteiger partial charge in [-0.15, -0.1) is 0 Å². The first-order valence-corrected chi connectivity index (χ1v) is 7.05. The first-order chi connectivity index (χ1) is 10.8. The average Bonchev–Trinajstić information content (AvgIpc) is 2.52. The van der Waals surface area contributed by atoms with Crippen LogP contribution in [0.15, 0.2) is 47.4 Å². The van der Waals surface area contributed by atoms with Crippen molar-refractivity contribution in [3.8, 4) is 5.75 Å². The standard InChI is InChI=1S/C14H11F3N2O3S/c1-22-11-6-7-12(19(20)21)13(8-11)23-18-10-4-2-9(3-5-10)14(15,16)17/h2-8,18H,1H3. The van der Waals surface area contributed by atoms with Crippen molar-refractivity contribution in [2.45, 2.75) is 11.1 Å². The molecule has 0 fully saturated rings. The number of nitrogens with zero attached hydrogens (tertiary/aromatic N) is 1. The van der Waals surface area contributed by atoms with E-state index in [1.54, 1.807) is 0 Å². The van der Waals surface area contributed by atoms with Crippen LogP contribution >= 0.6 is 11.9 Å². The molecule has 0 atom stereocenters. The third kappa shape index (κ3) is 4.28. The summed E-state index contributed by atoms with van der Waals surface area (Å²) in [6.07, 6.45) is -4.41. The van der Waals surface area contributed by atoms with Crippen LogP contribution in [-0.4, -0.2) is 12.0 Å². The summed E-state index contributed by atoms with van der Waals surface area (Å²) in [5.74, 6) is 0.437. The van der Waals surface area contributed by atoms with Crippen molar-refractivity contribution in [1.82, 2.24) is 0 Å². The van der Waals surface area contributed by atoms with Crippen molar-refractivity contribution >= 4 is 23.3 Å². The Bertz CT molecular complexity index is 705. The van der Waals surface area contributed by atoms with E-state index in [9.17, 15) is 23.3 Å². The maximum Gasteiger partial charge on any atom is 0.416 e. The topological polar surface area (TPSA) is 64.4 Å². The number of anilines is 1. The van der Waals surface area contributed by atoms with Gasteiger partial charge in [-0.3, -0.25) is 10.1 Å². The average molecular weight is 344 g/mol. The van der Waals surface area contributed by atoms with Gasteiger partial charge in [0.1, 0.15) is 10.6 Å². The number of nitro benzene ring substituents is 1. The minimum Gasteiger partial charge on any atom is -0.497 e. The second-order valence-corrected chi connectivity index (χ2v) is 5.22. The quantitative estimate of drug-likeness (QED) is 0.482. The van der Waals surface area contributed by atoms with Gasteiger partial charge in [-0.1, -0.05) is 0 Å². The van der Waals surface area contributed by atoms with Gasteiger partial charge < -0.3 is 9.46 Å². The summed E-state index contributed by atoms with van der Waals surface area (Å²) in [7, 11) is 1.43. The van der Waals surface area contributed by atoms with Crippen LogP contribution in [0.5, 0.6) is 5.75 Å². The largest absolute Gasteiger partial charge is 0.497 e. The Kier molecular flexibility index (Phi) is 4.99. The molecule has 0 heterocycles. The van der Waals surface area contributed by atoms with Gasteiger partial charge in [0.2, 0.25) is 0 Å². The van der Waals surface area contributed by atoms with Crippen molar-refractivity contribution in [2.75, 3.05) is 11.8 Å². The Morgan fingerprint density at radius 3 is 2.35 bits per heavy atom. The van der Waals surface area contributed by atoms with E-state index in [0.29, 0.717) is 11.4 Å². The van der Waals surface area contributed by atoms with Crippen molar-refractivity contribution in [2.24, 2.45) is 0 Å². The van der Waals surface area contributed by atoms with Gasteiger partial charge in [-0.25, -0.2) is 0 Å². The fourth-order valence-corrected chi connectivity index (χ4v) is 2.48. The highest BCUT2D eigenvalue weighted by Gasteiger charge is 2.29. The van der Waals surface area contributed by atoms with Gasteiger partial charge in [-0.2, -0.15) is 13.2 Å². The summed E-state index contributed by atoms with van der Waals surface area (Å²) in [6.45, 7) is 0. The minimum atomic E-state index is -4.41. The first kappa shape index (κ1) is 16.9. The van der Waals surface area contributed by atoms with Crippen LogP contribution in [0.4, 0.5) is 24.5 Å². The van der Waals surface area contributed by atoms with E-state index < -0.39 is 16.7 Å². The molecule has 0 bridgehead atoms. The maximum atomic E-state index is 12.5. The highest BCUT2D eigenvalue weighted by molar-refractivity contribution is 8.00. The van der Waals surface area contributed by atoms with E-state index in [1.165, 1.54) is 37.4 Å². The molecule has 2 aromatic carbocycles. The number of nitro groups is 1. The number of methoxy groups -OCH3 is 1. The van der Waals surface area contributed by atoms with Gasteiger partial charge in [0, 0.05) is 17.8 Å². The summed E-state index contributed by atoms with van der Waals surface area (Å²) in [6, 6.07) is 8.60. The molecule has 122 valence electrons. The van der Waals surface area contributed by atoms with E-state index in [0.717, 1.165) is 24.1 Å². The van der Waals surface area contributed by atoms with Crippen molar-refractivity contribution in [1.29, 1.82) is 0 Å². The molecule has 0 aliphatic carbocycles. The SMILES string of the molecule is COc1ccc([N+](=O)[O-])c(SNc2ccc(C(F)(F)F)cc2)c1. The van der Waals surface area contributed by atoms with Crippen LogP contribution < -0.4 is 9.46 Å². The second-order valence-electron chi connectivity index (χ2n) is 4.37. The fourth-order valence-electron chi connectivity index (χ4n) is 1.70. The molecule has 5 nitrogen and oxygen atoms in total. The van der Waals surface area contributed by atoms with Gasteiger partial charge in [-0.05, 0) is 42.3 Å². The smallest absolute Gasteiger partial charge is 0.416 e. The monoisotopic (exact) mass is 344 g/mol. The first-order valence-electron chi connectivity index (χ1n) is 6.24. The zero-order valence-electron chi connectivity index (χ0n) is 11.8. The molecule has 0 saturated carbocycles. The molecule has 0 radical (unpaired) electrons. The minimum absolute atomic E-state index is 0.129. The lowest BCUT2D eigenvalue weighted by atomic mass is 10.2. The van der Waals surface area contributed by atoms with Crippen LogP contribution in [0, 0.1) is 10.1 Å². The second kappa shape index (κ2) is 6.78. The van der Waals surface area contributed by atoms with Crippen LogP contribution in [-0.2, 0) is 6.18 Å². The van der Waals surface area contributed by atoms with E-state index in [2.05, 4.69) is 4.72 Å². The van der Waals surface area contributed by atoms with Gasteiger partial charge >= 0.3 is 6.18 Å². The van der Waals surface area contributed by atoms with Gasteiger partial charge in [0.05, 0.1) is 17.6 Å². The summed E-state index contributed by atoms with van der Waals surface area (Å²) in [5, 5.41) is 11.0. The highest BCUT2D eigenvalue weighted by atomic mass is 32.2. The third-order valence-electron chi connectivity index (χ3n) is 2.85. The van der Waals surface area contributed by atoms with Crippen molar-refractivity contribution < 1.29 is 22.8 Å². The molecule has 2 rings (SSSR count). The third-order valence-corrected chi connectivity index (χ3v) is 3.74. The van der Waals surface area contributed by atoms with Crippen LogP contribution in [0.25, 0.3) is 0 Å². The number of hydrogen-bond acceptors (Lipinski definition) is 5. The van der Waals surface area contributed by atoms with Crippen LogP contribution in [0.1, 0.15) is 5.56 Å². The Hall–Kier alpha value is -2.42. The van der Waals surface area contributed by atoms with Crippen LogP contribution in [0.3, 0.4) is 0 Å². The highest BCUT2D eigenvalue weighted by Crippen LogP contribution is 2.34. The summed E-state index contributed by atoms with van der Waals surface area (Å²) in [4.78, 5) is 10.7. The van der Waals surface area contributed by atoms with Crippen LogP contribution in [0.2, 0.25) is 0 Å². The zero-order valence-corrected chi connectivity index (χ0v) is 12.6. The van der Waals surface area contributed by atoms with E-state index in [-0.39, 0.29) is 10.6 Å². The molecule has 2 aromatic rings. The number of benzene rings is 2. The Morgan fingerprint density at radius 2 is 1.83 bits per heavy atom. The molecule has 9 heteroatoms. The predicted octanol–water partition coefficient (Wildman–Crippen LogP) is 4.74. The Morgan fingerprint density at radius 1 is 1.17 bits per heavy atom. The summed E-state index contributed by atoms with van der Waals surface area (Å²) < 4.78 is 45.2. The molecule has 0 amide bonds. The molecule has 0 aliphatic heterocycles. The predicted molar refractivity (Wildman–Crippen MR) is 80.6 cm³/mol. The molecular formula is C14H11F3N2O3S. The van der Waals surface area contributed by atoms with E-state index >= 15 is 0 Å². The lowest BCUT2D eigenvalue weighted by Gasteiger charge is -2.09. The number of alkyl halides is 3. The van der Waals surface area contributed by atoms with E-state index in [1.807, 2.05) is 0 Å². The molecule has 0 aliphatic rings. The molecule has 1 N–H and O–H groups in total. The Balaban J connectivity index is 2.15. The van der Waals surface area contributed by atoms with E-state index in [4.69, 9.17) is 4.74 Å². The number of hydrogen-bond donors (Lipinski definition) is 1. The summed E-state index contributed by atoms with van der Waals surface area (Å²) >= 11 is 0.918. The molecular weight excluding hydrogens is 333 g/mol. The molecule has 0 saturated heterocycles. The number of halogens is 3. The fraction of sp³-hybridized carbons (Fsp3) is 0.143. The van der Waals surface area contributed by atoms with Crippen molar-refractivity contribution in [3.63, 3.8) is 0 Å². The lowest BCUT2D eigenvalue weighted by molar-refractivity contribution is -0.387. The molecule has 0 unspecified atom stereocenters. The lowest BCUT2D eigenvalue weighted by Crippen LogP contribution is -2.04. The maximum absolute atomic E-state index is 12.5. The zero-order chi connectivity index (χ0) is 17.0. The molecule has 0 aromatic heterocycles. The molecule has 23 heavy (non-hydrogen) atoms. The number of nitrogens with one attached hydrogen (secondary N) is 1. The van der Waals surface area contributed by atoms with Gasteiger partial charge in [0.25, 0.3) is 5.69 Å². The molecule has 0 spiro atoms. The normalized spacial score (nSPS) is 11.1. The number of ether oxygens (including phenoxy) is 1. The Labute approximate surface area is 133 Å². The van der Waals surface area contributed by atoms with Crippen molar-refractivity contribution in [3.05, 3.63) is 58.1 Å². The summed E-state index contributed by atoms with van der Waals surface area (Å²) in [5.41, 5.74) is -0.504. The van der Waals surface area contributed by atoms with Gasteiger partial charge in [0.15, 0.2) is 0 Å².